The van der Waals surface area contributed by atoms with Gasteiger partial charge >= 0.3 is 5.97 Å². The van der Waals surface area contributed by atoms with Gasteiger partial charge in [0, 0.05) is 23.0 Å². The first-order valence-corrected chi connectivity index (χ1v) is 7.62. The van der Waals surface area contributed by atoms with Gasteiger partial charge in [-0.25, -0.2) is 0 Å². The molecule has 1 unspecified atom stereocenters. The summed E-state index contributed by atoms with van der Waals surface area (Å²) in [5, 5.41) is 0.343. The standard InChI is InChI=1S/C13H18O3S/c1-5(2)10(14)8-7-4-6-9(8)13(15)16-11(6)12(7)17-3/h5-9,11-12H,4H2,1-3H3/t6-,7+,8+,9-,11+,12?/m1/s1. The second-order valence-corrected chi connectivity index (χ2v) is 6.79. The van der Waals surface area contributed by atoms with Crippen LogP contribution in [-0.4, -0.2) is 29.4 Å². The summed E-state index contributed by atoms with van der Waals surface area (Å²) in [4.78, 5) is 24.2. The number of fused-ring (bicyclic) bond motifs is 1. The number of Topliss-reactive ketones (excluding diaryl/α,β-unsaturated/α-hetero) is 1. The number of rotatable bonds is 3. The van der Waals surface area contributed by atoms with Crippen LogP contribution in [0.4, 0.5) is 0 Å². The summed E-state index contributed by atoms with van der Waals surface area (Å²) < 4.78 is 5.49. The van der Waals surface area contributed by atoms with Crippen molar-refractivity contribution in [3.63, 3.8) is 0 Å². The van der Waals surface area contributed by atoms with Gasteiger partial charge in [-0.1, -0.05) is 13.8 Å². The van der Waals surface area contributed by atoms with Gasteiger partial charge in [0.1, 0.15) is 11.9 Å². The van der Waals surface area contributed by atoms with Gasteiger partial charge in [-0.3, -0.25) is 9.59 Å². The highest BCUT2D eigenvalue weighted by Crippen LogP contribution is 2.61. The summed E-state index contributed by atoms with van der Waals surface area (Å²) in [6.45, 7) is 3.86. The third kappa shape index (κ3) is 1.36. The van der Waals surface area contributed by atoms with Crippen LogP contribution in [0.25, 0.3) is 0 Å². The van der Waals surface area contributed by atoms with E-state index in [-0.39, 0.29) is 35.6 Å². The van der Waals surface area contributed by atoms with Crippen LogP contribution < -0.4 is 0 Å². The fraction of sp³-hybridized carbons (Fsp3) is 0.846. The molecule has 1 aliphatic heterocycles. The molecule has 0 amide bonds. The number of hydrogen-bond donors (Lipinski definition) is 0. The zero-order valence-corrected chi connectivity index (χ0v) is 11.2. The fourth-order valence-electron chi connectivity index (χ4n) is 4.07. The third-order valence-corrected chi connectivity index (χ3v) is 5.88. The van der Waals surface area contributed by atoms with E-state index in [1.165, 1.54) is 0 Å². The van der Waals surface area contributed by atoms with Crippen LogP contribution in [0.5, 0.6) is 0 Å². The van der Waals surface area contributed by atoms with E-state index in [1.807, 2.05) is 13.8 Å². The SMILES string of the molecule is CSC1[C@H]2C[C@@H]3[C@@H](C(=O)O[C@H]13)[C@H]2C(=O)C(C)C. The van der Waals surface area contributed by atoms with Gasteiger partial charge in [0.15, 0.2) is 0 Å². The van der Waals surface area contributed by atoms with E-state index in [0.717, 1.165) is 6.42 Å². The van der Waals surface area contributed by atoms with Crippen LogP contribution in [0.15, 0.2) is 0 Å². The van der Waals surface area contributed by atoms with E-state index in [2.05, 4.69) is 6.26 Å². The Morgan fingerprint density at radius 2 is 2.12 bits per heavy atom. The molecule has 0 aromatic heterocycles. The topological polar surface area (TPSA) is 43.4 Å². The highest BCUT2D eigenvalue weighted by Gasteiger charge is 2.67. The molecule has 17 heavy (non-hydrogen) atoms. The van der Waals surface area contributed by atoms with E-state index in [4.69, 9.17) is 4.74 Å². The Kier molecular flexibility index (Phi) is 2.55. The molecule has 0 radical (unpaired) electrons. The predicted octanol–water partition coefficient (Wildman–Crippen LogP) is 1.75. The van der Waals surface area contributed by atoms with E-state index in [0.29, 0.717) is 17.1 Å². The zero-order chi connectivity index (χ0) is 12.3. The zero-order valence-electron chi connectivity index (χ0n) is 10.4. The molecule has 1 heterocycles. The van der Waals surface area contributed by atoms with Gasteiger partial charge in [-0.05, 0) is 18.6 Å². The van der Waals surface area contributed by atoms with Crippen LogP contribution in [-0.2, 0) is 14.3 Å². The Morgan fingerprint density at radius 3 is 2.71 bits per heavy atom. The minimum atomic E-state index is -0.122. The molecular weight excluding hydrogens is 236 g/mol. The van der Waals surface area contributed by atoms with Crippen molar-refractivity contribution in [1.29, 1.82) is 0 Å². The molecule has 3 fully saturated rings. The lowest BCUT2D eigenvalue weighted by Gasteiger charge is -2.30. The normalized spacial score (nSPS) is 46.7. The second kappa shape index (κ2) is 3.74. The van der Waals surface area contributed by atoms with Crippen molar-refractivity contribution in [2.45, 2.75) is 31.6 Å². The van der Waals surface area contributed by atoms with Crippen LogP contribution in [0.2, 0.25) is 0 Å². The Balaban J connectivity index is 1.96. The minimum Gasteiger partial charge on any atom is -0.461 e. The number of ether oxygens (including phenoxy) is 1. The Labute approximate surface area is 106 Å². The van der Waals surface area contributed by atoms with Crippen molar-refractivity contribution in [3.05, 3.63) is 0 Å². The minimum absolute atomic E-state index is 0.0220. The molecular formula is C13H18O3S. The van der Waals surface area contributed by atoms with Crippen molar-refractivity contribution in [2.24, 2.45) is 29.6 Å². The molecule has 6 atom stereocenters. The first-order valence-electron chi connectivity index (χ1n) is 6.33. The molecule has 3 aliphatic rings. The lowest BCUT2D eigenvalue weighted by molar-refractivity contribution is -0.146. The highest BCUT2D eigenvalue weighted by molar-refractivity contribution is 7.99. The lowest BCUT2D eigenvalue weighted by atomic mass is 9.75. The van der Waals surface area contributed by atoms with E-state index < -0.39 is 0 Å². The van der Waals surface area contributed by atoms with Crippen molar-refractivity contribution >= 4 is 23.5 Å². The number of ketones is 1. The largest absolute Gasteiger partial charge is 0.461 e. The quantitative estimate of drug-likeness (QED) is 0.720. The lowest BCUT2D eigenvalue weighted by Crippen LogP contribution is -2.40. The molecule has 2 bridgehead atoms. The van der Waals surface area contributed by atoms with Gasteiger partial charge in [0.25, 0.3) is 0 Å². The Hall–Kier alpha value is -0.510. The monoisotopic (exact) mass is 254 g/mol. The van der Waals surface area contributed by atoms with E-state index >= 15 is 0 Å². The molecule has 2 saturated carbocycles. The van der Waals surface area contributed by atoms with Gasteiger partial charge in [0.05, 0.1) is 5.92 Å². The van der Waals surface area contributed by atoms with Crippen molar-refractivity contribution < 1.29 is 14.3 Å². The summed E-state index contributed by atoms with van der Waals surface area (Å²) in [6.07, 6.45) is 3.16. The average molecular weight is 254 g/mol. The maximum absolute atomic E-state index is 12.3. The van der Waals surface area contributed by atoms with Gasteiger partial charge in [0.2, 0.25) is 0 Å². The predicted molar refractivity (Wildman–Crippen MR) is 65.6 cm³/mol. The Morgan fingerprint density at radius 1 is 1.41 bits per heavy atom. The second-order valence-electron chi connectivity index (χ2n) is 5.77. The van der Waals surface area contributed by atoms with Crippen molar-refractivity contribution in [2.75, 3.05) is 6.26 Å². The molecule has 2 aliphatic carbocycles. The Bertz CT molecular complexity index is 379. The van der Waals surface area contributed by atoms with Crippen LogP contribution >= 0.6 is 11.8 Å². The van der Waals surface area contributed by atoms with Gasteiger partial charge < -0.3 is 4.74 Å². The van der Waals surface area contributed by atoms with Crippen molar-refractivity contribution in [3.8, 4) is 0 Å². The smallest absolute Gasteiger partial charge is 0.310 e. The fourth-order valence-corrected chi connectivity index (χ4v) is 5.23. The van der Waals surface area contributed by atoms with Gasteiger partial charge in [-0.2, -0.15) is 11.8 Å². The number of esters is 1. The number of carbonyl (C=O) groups is 2. The van der Waals surface area contributed by atoms with Crippen LogP contribution in [0.3, 0.4) is 0 Å². The molecule has 0 N–H and O–H groups in total. The number of hydrogen-bond acceptors (Lipinski definition) is 4. The summed E-state index contributed by atoms with van der Waals surface area (Å²) in [6, 6.07) is 0. The molecule has 0 aromatic rings. The molecule has 0 aromatic carbocycles. The first kappa shape index (κ1) is 11.6. The first-order chi connectivity index (χ1) is 8.06. The molecule has 3 rings (SSSR count). The maximum Gasteiger partial charge on any atom is 0.310 e. The summed E-state index contributed by atoms with van der Waals surface area (Å²) in [5.74, 6) is 0.668. The number of carbonyl (C=O) groups excluding carboxylic acids is 2. The molecule has 1 saturated heterocycles. The summed E-state index contributed by atoms with van der Waals surface area (Å²) in [7, 11) is 0. The highest BCUT2D eigenvalue weighted by atomic mass is 32.2. The molecule has 4 heteroatoms. The summed E-state index contributed by atoms with van der Waals surface area (Å²) in [5.41, 5.74) is 0. The average Bonchev–Trinajstić information content (AvgIpc) is 2.87. The van der Waals surface area contributed by atoms with Crippen LogP contribution in [0, 0.1) is 29.6 Å². The van der Waals surface area contributed by atoms with E-state index in [9.17, 15) is 9.59 Å². The number of thioether (sulfide) groups is 1. The third-order valence-electron chi connectivity index (χ3n) is 4.72. The van der Waals surface area contributed by atoms with Gasteiger partial charge in [-0.15, -0.1) is 0 Å². The summed E-state index contributed by atoms with van der Waals surface area (Å²) >= 11 is 1.76. The maximum atomic E-state index is 12.3. The van der Waals surface area contributed by atoms with E-state index in [1.54, 1.807) is 11.8 Å². The molecule has 94 valence electrons. The molecule has 0 spiro atoms. The van der Waals surface area contributed by atoms with Crippen LogP contribution in [0.1, 0.15) is 20.3 Å². The molecule has 3 nitrogen and oxygen atoms in total. The van der Waals surface area contributed by atoms with Crippen molar-refractivity contribution in [1.82, 2.24) is 0 Å².